The van der Waals surface area contributed by atoms with Crippen LogP contribution in [0.15, 0.2) is 42.5 Å². The number of aryl methyl sites for hydroxylation is 2. The van der Waals surface area contributed by atoms with E-state index >= 15 is 0 Å². The molecule has 0 fully saturated rings. The Bertz CT molecular complexity index is 647. The number of nitrogens with one attached hydrogen (secondary N) is 1. The van der Waals surface area contributed by atoms with Crippen LogP contribution in [-0.4, -0.2) is 12.5 Å². The van der Waals surface area contributed by atoms with Crippen molar-refractivity contribution in [2.45, 2.75) is 25.7 Å². The minimum atomic E-state index is -0.0627. The fourth-order valence-electron chi connectivity index (χ4n) is 2.84. The molecular weight excluding hydrogens is 260 g/mol. The third-order valence-electron chi connectivity index (χ3n) is 4.01. The zero-order valence-electron chi connectivity index (χ0n) is 12.1. The van der Waals surface area contributed by atoms with Gasteiger partial charge in [0.25, 0.3) is 5.91 Å². The number of amides is 1. The maximum Gasteiger partial charge on any atom is 0.255 e. The summed E-state index contributed by atoms with van der Waals surface area (Å²) in [5.41, 5.74) is 11.0. The highest BCUT2D eigenvalue weighted by Gasteiger charge is 2.12. The molecule has 0 heterocycles. The first kappa shape index (κ1) is 13.8. The number of carbonyl (C=O) groups is 1. The van der Waals surface area contributed by atoms with E-state index in [4.69, 9.17) is 5.73 Å². The van der Waals surface area contributed by atoms with Crippen LogP contribution in [0.4, 0.5) is 5.69 Å². The summed E-state index contributed by atoms with van der Waals surface area (Å²) in [6.45, 7) is 0.626. The van der Waals surface area contributed by atoms with Crippen molar-refractivity contribution < 1.29 is 4.79 Å². The summed E-state index contributed by atoms with van der Waals surface area (Å²) in [5, 5.41) is 2.98. The average Bonchev–Trinajstić information content (AvgIpc) is 2.96. The average molecular weight is 280 g/mol. The van der Waals surface area contributed by atoms with Gasteiger partial charge in [0.05, 0.1) is 0 Å². The van der Waals surface area contributed by atoms with Gasteiger partial charge in [-0.3, -0.25) is 4.79 Å². The van der Waals surface area contributed by atoms with E-state index in [9.17, 15) is 4.79 Å². The van der Waals surface area contributed by atoms with Crippen molar-refractivity contribution in [1.29, 1.82) is 0 Å². The molecule has 0 radical (unpaired) electrons. The van der Waals surface area contributed by atoms with E-state index in [-0.39, 0.29) is 5.91 Å². The largest absolute Gasteiger partial charge is 0.330 e. The highest BCUT2D eigenvalue weighted by Crippen LogP contribution is 2.25. The molecule has 3 N–H and O–H groups in total. The van der Waals surface area contributed by atoms with Crippen molar-refractivity contribution in [3.8, 4) is 0 Å². The standard InChI is InChI=1S/C18H20N2O/c19-11-10-13-4-6-15(7-5-13)18(21)20-17-9-8-14-2-1-3-16(14)12-17/h4-9,12H,1-3,10-11,19H2,(H,20,21). The molecule has 0 saturated heterocycles. The summed E-state index contributed by atoms with van der Waals surface area (Å²) in [4.78, 5) is 12.2. The Morgan fingerprint density at radius 3 is 2.57 bits per heavy atom. The molecule has 1 amide bonds. The third kappa shape index (κ3) is 3.14. The zero-order valence-corrected chi connectivity index (χ0v) is 12.1. The van der Waals surface area contributed by atoms with Gasteiger partial charge >= 0.3 is 0 Å². The molecule has 0 saturated carbocycles. The smallest absolute Gasteiger partial charge is 0.255 e. The molecule has 1 aliphatic carbocycles. The molecule has 2 aromatic rings. The minimum Gasteiger partial charge on any atom is -0.330 e. The van der Waals surface area contributed by atoms with Crippen LogP contribution < -0.4 is 11.1 Å². The van der Waals surface area contributed by atoms with Crippen molar-refractivity contribution in [2.24, 2.45) is 5.73 Å². The Morgan fingerprint density at radius 2 is 1.81 bits per heavy atom. The molecule has 1 aliphatic rings. The van der Waals surface area contributed by atoms with Gasteiger partial charge in [-0.05, 0) is 73.2 Å². The molecule has 0 spiro atoms. The number of hydrogen-bond donors (Lipinski definition) is 2. The molecule has 21 heavy (non-hydrogen) atoms. The first-order valence-electron chi connectivity index (χ1n) is 7.48. The molecule has 0 bridgehead atoms. The second-order valence-electron chi connectivity index (χ2n) is 5.53. The fraction of sp³-hybridized carbons (Fsp3) is 0.278. The van der Waals surface area contributed by atoms with E-state index < -0.39 is 0 Å². The van der Waals surface area contributed by atoms with Gasteiger partial charge in [0.15, 0.2) is 0 Å². The second-order valence-corrected chi connectivity index (χ2v) is 5.53. The van der Waals surface area contributed by atoms with Gasteiger partial charge in [-0.15, -0.1) is 0 Å². The lowest BCUT2D eigenvalue weighted by Crippen LogP contribution is -2.12. The Balaban J connectivity index is 1.71. The quantitative estimate of drug-likeness (QED) is 0.904. The maximum absolute atomic E-state index is 12.2. The van der Waals surface area contributed by atoms with Gasteiger partial charge in [-0.1, -0.05) is 18.2 Å². The first-order chi connectivity index (χ1) is 10.3. The van der Waals surface area contributed by atoms with E-state index in [1.807, 2.05) is 30.3 Å². The lowest BCUT2D eigenvalue weighted by atomic mass is 10.1. The number of fused-ring (bicyclic) bond motifs is 1. The van der Waals surface area contributed by atoms with E-state index in [0.29, 0.717) is 12.1 Å². The topological polar surface area (TPSA) is 55.1 Å². The van der Waals surface area contributed by atoms with Gasteiger partial charge in [0.2, 0.25) is 0 Å². The number of rotatable bonds is 4. The lowest BCUT2D eigenvalue weighted by molar-refractivity contribution is 0.102. The molecule has 0 aromatic heterocycles. The Morgan fingerprint density at radius 1 is 1.05 bits per heavy atom. The number of carbonyl (C=O) groups excluding carboxylic acids is 1. The maximum atomic E-state index is 12.2. The summed E-state index contributed by atoms with van der Waals surface area (Å²) in [7, 11) is 0. The predicted molar refractivity (Wildman–Crippen MR) is 85.6 cm³/mol. The van der Waals surface area contributed by atoms with Crippen molar-refractivity contribution in [3.05, 3.63) is 64.7 Å². The van der Waals surface area contributed by atoms with Crippen LogP contribution in [0.1, 0.15) is 33.5 Å². The lowest BCUT2D eigenvalue weighted by Gasteiger charge is -2.08. The van der Waals surface area contributed by atoms with Gasteiger partial charge in [-0.2, -0.15) is 0 Å². The number of benzene rings is 2. The predicted octanol–water partition coefficient (Wildman–Crippen LogP) is 2.93. The Labute approximate surface area is 125 Å². The van der Waals surface area contributed by atoms with Crippen molar-refractivity contribution in [1.82, 2.24) is 0 Å². The van der Waals surface area contributed by atoms with Crippen molar-refractivity contribution >= 4 is 11.6 Å². The Hall–Kier alpha value is -2.13. The Kier molecular flexibility index (Phi) is 4.02. The van der Waals surface area contributed by atoms with Crippen molar-refractivity contribution in [2.75, 3.05) is 11.9 Å². The first-order valence-corrected chi connectivity index (χ1v) is 7.48. The molecule has 3 rings (SSSR count). The summed E-state index contributed by atoms with van der Waals surface area (Å²) < 4.78 is 0. The highest BCUT2D eigenvalue weighted by molar-refractivity contribution is 6.04. The van der Waals surface area contributed by atoms with Gasteiger partial charge in [0.1, 0.15) is 0 Å². The van der Waals surface area contributed by atoms with E-state index in [2.05, 4.69) is 17.4 Å². The summed E-state index contributed by atoms with van der Waals surface area (Å²) >= 11 is 0. The van der Waals surface area contributed by atoms with Crippen LogP contribution in [0.5, 0.6) is 0 Å². The number of nitrogens with two attached hydrogens (primary N) is 1. The van der Waals surface area contributed by atoms with Gasteiger partial charge in [0, 0.05) is 11.3 Å². The highest BCUT2D eigenvalue weighted by atomic mass is 16.1. The number of hydrogen-bond acceptors (Lipinski definition) is 2. The molecule has 3 heteroatoms. The molecular formula is C18H20N2O. The van der Waals surface area contributed by atoms with E-state index in [0.717, 1.165) is 30.5 Å². The minimum absolute atomic E-state index is 0.0627. The third-order valence-corrected chi connectivity index (χ3v) is 4.01. The van der Waals surface area contributed by atoms with Crippen LogP contribution >= 0.6 is 0 Å². The van der Waals surface area contributed by atoms with Crippen LogP contribution in [0.2, 0.25) is 0 Å². The van der Waals surface area contributed by atoms with Gasteiger partial charge < -0.3 is 11.1 Å². The normalized spacial score (nSPS) is 13.0. The van der Waals surface area contributed by atoms with E-state index in [1.165, 1.54) is 17.5 Å². The summed E-state index contributed by atoms with van der Waals surface area (Å²) in [6.07, 6.45) is 4.33. The molecule has 3 nitrogen and oxygen atoms in total. The van der Waals surface area contributed by atoms with Crippen LogP contribution in [0.25, 0.3) is 0 Å². The molecule has 0 atom stereocenters. The summed E-state index contributed by atoms with van der Waals surface area (Å²) in [6, 6.07) is 13.9. The SMILES string of the molecule is NCCc1ccc(C(=O)Nc2ccc3c(c2)CCC3)cc1. The second kappa shape index (κ2) is 6.10. The molecule has 108 valence electrons. The summed E-state index contributed by atoms with van der Waals surface area (Å²) in [5.74, 6) is -0.0627. The van der Waals surface area contributed by atoms with Crippen molar-refractivity contribution in [3.63, 3.8) is 0 Å². The van der Waals surface area contributed by atoms with Crippen LogP contribution in [0.3, 0.4) is 0 Å². The number of anilines is 1. The fourth-order valence-corrected chi connectivity index (χ4v) is 2.84. The van der Waals surface area contributed by atoms with Crippen LogP contribution in [-0.2, 0) is 19.3 Å². The molecule has 0 unspecified atom stereocenters. The van der Waals surface area contributed by atoms with Gasteiger partial charge in [-0.25, -0.2) is 0 Å². The molecule has 2 aromatic carbocycles. The van der Waals surface area contributed by atoms with Crippen LogP contribution in [0, 0.1) is 0 Å². The zero-order chi connectivity index (χ0) is 14.7. The monoisotopic (exact) mass is 280 g/mol. The molecule has 0 aliphatic heterocycles. The van der Waals surface area contributed by atoms with E-state index in [1.54, 1.807) is 0 Å².